The summed E-state index contributed by atoms with van der Waals surface area (Å²) in [6.45, 7) is 4.05. The molecule has 1 aromatic heterocycles. The molecule has 106 valence electrons. The van der Waals surface area contributed by atoms with Gasteiger partial charge in [0, 0.05) is 18.4 Å². The van der Waals surface area contributed by atoms with Crippen LogP contribution in [0.25, 0.3) is 0 Å². The Hall–Kier alpha value is -1.87. The fraction of sp³-hybridized carbons (Fsp3) is 0.353. The highest BCUT2D eigenvalue weighted by molar-refractivity contribution is 5.30. The lowest BCUT2D eigenvalue weighted by Gasteiger charge is -2.15. The smallest absolute Gasteiger partial charge is 0.120 e. The highest BCUT2D eigenvalue weighted by Gasteiger charge is 2.08. The fourth-order valence-electron chi connectivity index (χ4n) is 2.13. The molecule has 1 aromatic carbocycles. The molecule has 1 unspecified atom stereocenters. The maximum absolute atomic E-state index is 6.27. The van der Waals surface area contributed by atoms with Crippen molar-refractivity contribution in [3.05, 3.63) is 59.9 Å². The number of aromatic nitrogens is 1. The lowest BCUT2D eigenvalue weighted by atomic mass is 10.00. The molecule has 2 aromatic rings. The molecule has 3 heteroatoms. The molecule has 0 fully saturated rings. The van der Waals surface area contributed by atoms with Gasteiger partial charge >= 0.3 is 0 Å². The van der Waals surface area contributed by atoms with Crippen LogP contribution in [0.3, 0.4) is 0 Å². The SMILES string of the molecule is CC(C)Oc1cccc(C(N)CCc2ccncc2)c1. The van der Waals surface area contributed by atoms with Crippen LogP contribution in [0.4, 0.5) is 0 Å². The number of hydrogen-bond acceptors (Lipinski definition) is 3. The molecular weight excluding hydrogens is 248 g/mol. The molecule has 0 radical (unpaired) electrons. The Morgan fingerprint density at radius 3 is 2.60 bits per heavy atom. The molecule has 0 saturated heterocycles. The third-order valence-electron chi connectivity index (χ3n) is 3.15. The average molecular weight is 270 g/mol. The largest absolute Gasteiger partial charge is 0.491 e. The van der Waals surface area contributed by atoms with Crippen molar-refractivity contribution in [2.24, 2.45) is 5.73 Å². The van der Waals surface area contributed by atoms with Crippen molar-refractivity contribution in [1.82, 2.24) is 4.98 Å². The molecule has 2 rings (SSSR count). The average Bonchev–Trinajstić information content (AvgIpc) is 2.45. The van der Waals surface area contributed by atoms with E-state index < -0.39 is 0 Å². The van der Waals surface area contributed by atoms with E-state index in [2.05, 4.69) is 11.1 Å². The van der Waals surface area contributed by atoms with Gasteiger partial charge in [-0.25, -0.2) is 0 Å². The number of aryl methyl sites for hydroxylation is 1. The Balaban J connectivity index is 1.96. The van der Waals surface area contributed by atoms with Crippen LogP contribution in [0, 0.1) is 0 Å². The first-order valence-electron chi connectivity index (χ1n) is 7.06. The number of rotatable bonds is 6. The maximum Gasteiger partial charge on any atom is 0.120 e. The van der Waals surface area contributed by atoms with E-state index in [1.165, 1.54) is 5.56 Å². The quantitative estimate of drug-likeness (QED) is 0.874. The molecule has 0 aliphatic heterocycles. The first kappa shape index (κ1) is 14.5. The lowest BCUT2D eigenvalue weighted by Crippen LogP contribution is -2.12. The van der Waals surface area contributed by atoms with Crippen molar-refractivity contribution >= 4 is 0 Å². The van der Waals surface area contributed by atoms with Gasteiger partial charge in [-0.05, 0) is 62.1 Å². The third-order valence-corrected chi connectivity index (χ3v) is 3.15. The van der Waals surface area contributed by atoms with Gasteiger partial charge in [-0.3, -0.25) is 4.98 Å². The van der Waals surface area contributed by atoms with Crippen LogP contribution in [0.1, 0.15) is 37.4 Å². The van der Waals surface area contributed by atoms with E-state index in [1.807, 2.05) is 56.6 Å². The zero-order valence-corrected chi connectivity index (χ0v) is 12.1. The van der Waals surface area contributed by atoms with E-state index in [0.717, 1.165) is 24.2 Å². The number of pyridine rings is 1. The van der Waals surface area contributed by atoms with Gasteiger partial charge in [0.25, 0.3) is 0 Å². The molecule has 1 atom stereocenters. The van der Waals surface area contributed by atoms with Gasteiger partial charge in [0.05, 0.1) is 6.10 Å². The predicted octanol–water partition coefficient (Wildman–Crippen LogP) is 3.50. The Kier molecular flexibility index (Phi) is 5.13. The van der Waals surface area contributed by atoms with Crippen LogP contribution in [0.5, 0.6) is 5.75 Å². The zero-order valence-electron chi connectivity index (χ0n) is 12.1. The summed E-state index contributed by atoms with van der Waals surface area (Å²) in [4.78, 5) is 4.02. The van der Waals surface area contributed by atoms with Crippen LogP contribution in [0.15, 0.2) is 48.8 Å². The molecule has 20 heavy (non-hydrogen) atoms. The topological polar surface area (TPSA) is 48.1 Å². The minimum Gasteiger partial charge on any atom is -0.491 e. The Morgan fingerprint density at radius 2 is 1.90 bits per heavy atom. The van der Waals surface area contributed by atoms with E-state index >= 15 is 0 Å². The number of hydrogen-bond donors (Lipinski definition) is 1. The molecule has 1 heterocycles. The Bertz CT molecular complexity index is 526. The second-order valence-corrected chi connectivity index (χ2v) is 5.24. The standard InChI is InChI=1S/C17H22N2O/c1-13(2)20-16-5-3-4-15(12-16)17(18)7-6-14-8-10-19-11-9-14/h3-5,8-13,17H,6-7,18H2,1-2H3. The van der Waals surface area contributed by atoms with Crippen LogP contribution in [-0.2, 0) is 6.42 Å². The molecule has 0 aliphatic carbocycles. The number of nitrogens with two attached hydrogens (primary N) is 1. The second-order valence-electron chi connectivity index (χ2n) is 5.24. The monoisotopic (exact) mass is 270 g/mol. The highest BCUT2D eigenvalue weighted by atomic mass is 16.5. The summed E-state index contributed by atoms with van der Waals surface area (Å²) >= 11 is 0. The van der Waals surface area contributed by atoms with Crippen LogP contribution in [-0.4, -0.2) is 11.1 Å². The molecular formula is C17H22N2O. The molecule has 3 nitrogen and oxygen atoms in total. The highest BCUT2D eigenvalue weighted by Crippen LogP contribution is 2.22. The Labute approximate surface area is 120 Å². The minimum atomic E-state index is 0.0267. The summed E-state index contributed by atoms with van der Waals surface area (Å²) in [5.74, 6) is 0.886. The molecule has 2 N–H and O–H groups in total. The first-order chi connectivity index (χ1) is 9.65. The summed E-state index contributed by atoms with van der Waals surface area (Å²) in [6, 6.07) is 12.2. The zero-order chi connectivity index (χ0) is 14.4. The third kappa shape index (κ3) is 4.35. The number of ether oxygens (including phenoxy) is 1. The molecule has 0 amide bonds. The van der Waals surface area contributed by atoms with Crippen molar-refractivity contribution in [3.63, 3.8) is 0 Å². The summed E-state index contributed by atoms with van der Waals surface area (Å²) in [5.41, 5.74) is 8.66. The molecule has 0 saturated carbocycles. The molecule has 0 bridgehead atoms. The van der Waals surface area contributed by atoms with Crippen LogP contribution in [0.2, 0.25) is 0 Å². The van der Waals surface area contributed by atoms with E-state index in [1.54, 1.807) is 0 Å². The van der Waals surface area contributed by atoms with Crippen molar-refractivity contribution in [3.8, 4) is 5.75 Å². The molecule has 0 aliphatic rings. The fourth-order valence-corrected chi connectivity index (χ4v) is 2.13. The van der Waals surface area contributed by atoms with Crippen LogP contribution < -0.4 is 10.5 Å². The van der Waals surface area contributed by atoms with Crippen molar-refractivity contribution < 1.29 is 4.74 Å². The second kappa shape index (κ2) is 7.06. The van der Waals surface area contributed by atoms with E-state index in [9.17, 15) is 0 Å². The molecule has 0 spiro atoms. The number of benzene rings is 1. The van der Waals surface area contributed by atoms with Crippen molar-refractivity contribution in [2.75, 3.05) is 0 Å². The van der Waals surface area contributed by atoms with E-state index in [-0.39, 0.29) is 12.1 Å². The summed E-state index contributed by atoms with van der Waals surface area (Å²) < 4.78 is 5.70. The normalized spacial score (nSPS) is 12.4. The minimum absolute atomic E-state index is 0.0267. The van der Waals surface area contributed by atoms with E-state index in [0.29, 0.717) is 0 Å². The summed E-state index contributed by atoms with van der Waals surface area (Å²) in [7, 11) is 0. The number of nitrogens with zero attached hydrogens (tertiary/aromatic N) is 1. The van der Waals surface area contributed by atoms with Gasteiger partial charge in [-0.15, -0.1) is 0 Å². The van der Waals surface area contributed by atoms with Crippen molar-refractivity contribution in [2.45, 2.75) is 38.8 Å². The lowest BCUT2D eigenvalue weighted by molar-refractivity contribution is 0.242. The first-order valence-corrected chi connectivity index (χ1v) is 7.06. The van der Waals surface area contributed by atoms with Gasteiger partial charge in [-0.1, -0.05) is 12.1 Å². The van der Waals surface area contributed by atoms with Gasteiger partial charge in [0.15, 0.2) is 0 Å². The van der Waals surface area contributed by atoms with Gasteiger partial charge in [-0.2, -0.15) is 0 Å². The van der Waals surface area contributed by atoms with E-state index in [4.69, 9.17) is 10.5 Å². The van der Waals surface area contributed by atoms with Crippen LogP contribution >= 0.6 is 0 Å². The summed E-state index contributed by atoms with van der Waals surface area (Å²) in [6.07, 6.45) is 5.68. The predicted molar refractivity (Wildman–Crippen MR) is 81.7 cm³/mol. The summed E-state index contributed by atoms with van der Waals surface area (Å²) in [5, 5.41) is 0. The Morgan fingerprint density at radius 1 is 1.15 bits per heavy atom. The van der Waals surface area contributed by atoms with Gasteiger partial charge < -0.3 is 10.5 Å². The van der Waals surface area contributed by atoms with Gasteiger partial charge in [0.1, 0.15) is 5.75 Å². The van der Waals surface area contributed by atoms with Crippen molar-refractivity contribution in [1.29, 1.82) is 0 Å². The van der Waals surface area contributed by atoms with Gasteiger partial charge in [0.2, 0.25) is 0 Å². The maximum atomic E-state index is 6.27.